The quantitative estimate of drug-likeness (QED) is 0.367. The SMILES string of the molecule is COCC1(COc2cc3c(N[C@H](C)c4cccc(C(C)(F)F)c4F)nc(C)nc3cc2OC)CC1. The van der Waals surface area contributed by atoms with Gasteiger partial charge in [-0.1, -0.05) is 18.2 Å². The monoisotopic (exact) mass is 489 g/mol. The van der Waals surface area contributed by atoms with Crippen molar-refractivity contribution >= 4 is 16.7 Å². The van der Waals surface area contributed by atoms with Gasteiger partial charge in [0.2, 0.25) is 0 Å². The van der Waals surface area contributed by atoms with Gasteiger partial charge in [-0.2, -0.15) is 0 Å². The Hall–Kier alpha value is -3.07. The van der Waals surface area contributed by atoms with Crippen LogP contribution in [-0.2, 0) is 10.7 Å². The standard InChI is InChI=1S/C26H30F3N3O3/c1-15(17-7-6-8-19(23(17)27)25(3,28)29)30-24-18-11-22(35-14-26(9-10-26)13-33-4)21(34-5)12-20(18)31-16(2)32-24/h6-8,11-12,15H,9-10,13-14H2,1-5H3,(H,30,31,32)/t15-/m1/s1. The van der Waals surface area contributed by atoms with Crippen LogP contribution in [0.2, 0.25) is 0 Å². The van der Waals surface area contributed by atoms with Crippen molar-refractivity contribution in [3.63, 3.8) is 0 Å². The molecule has 1 aromatic heterocycles. The van der Waals surface area contributed by atoms with Crippen LogP contribution in [0.3, 0.4) is 0 Å². The van der Waals surface area contributed by atoms with E-state index in [1.165, 1.54) is 12.1 Å². The molecule has 1 fully saturated rings. The van der Waals surface area contributed by atoms with E-state index in [4.69, 9.17) is 14.2 Å². The fraction of sp³-hybridized carbons (Fsp3) is 0.462. The molecular formula is C26H30F3N3O3. The third-order valence-electron chi connectivity index (χ3n) is 6.36. The maximum Gasteiger partial charge on any atom is 0.273 e. The lowest BCUT2D eigenvalue weighted by atomic mass is 10.0. The fourth-order valence-electron chi connectivity index (χ4n) is 4.19. The van der Waals surface area contributed by atoms with Crippen LogP contribution >= 0.6 is 0 Å². The average Bonchev–Trinajstić information content (AvgIpc) is 3.56. The zero-order valence-corrected chi connectivity index (χ0v) is 20.5. The third kappa shape index (κ3) is 5.29. The van der Waals surface area contributed by atoms with Crippen molar-refractivity contribution in [2.24, 2.45) is 5.41 Å². The highest BCUT2D eigenvalue weighted by molar-refractivity contribution is 5.92. The van der Waals surface area contributed by atoms with Gasteiger partial charge in [-0.15, -0.1) is 0 Å². The summed E-state index contributed by atoms with van der Waals surface area (Å²) in [6, 6.07) is 6.93. The molecule has 0 unspecified atom stereocenters. The number of hydrogen-bond acceptors (Lipinski definition) is 6. The predicted octanol–water partition coefficient (Wildman–Crippen LogP) is 6.18. The average molecular weight is 490 g/mol. The van der Waals surface area contributed by atoms with Crippen molar-refractivity contribution in [2.75, 3.05) is 32.8 Å². The van der Waals surface area contributed by atoms with Crippen LogP contribution in [0, 0.1) is 18.2 Å². The Morgan fingerprint density at radius 1 is 1.11 bits per heavy atom. The molecule has 0 radical (unpaired) electrons. The van der Waals surface area contributed by atoms with E-state index in [0.717, 1.165) is 18.9 Å². The second-order valence-corrected chi connectivity index (χ2v) is 9.32. The molecule has 0 aliphatic heterocycles. The number of aromatic nitrogens is 2. The van der Waals surface area contributed by atoms with E-state index in [1.54, 1.807) is 40.2 Å². The second kappa shape index (κ2) is 9.53. The minimum atomic E-state index is -3.29. The van der Waals surface area contributed by atoms with Gasteiger partial charge in [0.1, 0.15) is 17.5 Å². The number of halogens is 3. The van der Waals surface area contributed by atoms with Crippen LogP contribution in [0.15, 0.2) is 30.3 Å². The third-order valence-corrected chi connectivity index (χ3v) is 6.36. The zero-order valence-electron chi connectivity index (χ0n) is 20.5. The maximum atomic E-state index is 15.0. The molecule has 188 valence electrons. The van der Waals surface area contributed by atoms with E-state index in [1.807, 2.05) is 0 Å². The molecular weight excluding hydrogens is 459 g/mol. The lowest BCUT2D eigenvalue weighted by molar-refractivity contribution is 0.0136. The Bertz CT molecular complexity index is 1230. The number of fused-ring (bicyclic) bond motifs is 1. The molecule has 0 bridgehead atoms. The molecule has 4 rings (SSSR count). The molecule has 35 heavy (non-hydrogen) atoms. The minimum Gasteiger partial charge on any atom is -0.493 e. The summed E-state index contributed by atoms with van der Waals surface area (Å²) in [5, 5.41) is 3.82. The summed E-state index contributed by atoms with van der Waals surface area (Å²) < 4.78 is 59.7. The Morgan fingerprint density at radius 2 is 1.86 bits per heavy atom. The number of rotatable bonds is 10. The van der Waals surface area contributed by atoms with Gasteiger partial charge in [-0.3, -0.25) is 0 Å². The number of ether oxygens (including phenoxy) is 3. The topological polar surface area (TPSA) is 65.5 Å². The molecule has 0 spiro atoms. The van der Waals surface area contributed by atoms with Crippen LogP contribution in [0.5, 0.6) is 11.5 Å². The van der Waals surface area contributed by atoms with Crippen molar-refractivity contribution < 1.29 is 27.4 Å². The lowest BCUT2D eigenvalue weighted by Crippen LogP contribution is -2.18. The van der Waals surface area contributed by atoms with Crippen LogP contribution in [-0.4, -0.2) is 37.4 Å². The maximum absolute atomic E-state index is 15.0. The Labute approximate surface area is 202 Å². The van der Waals surface area contributed by atoms with E-state index in [-0.39, 0.29) is 11.0 Å². The first-order valence-corrected chi connectivity index (χ1v) is 11.5. The number of nitrogens with one attached hydrogen (secondary N) is 1. The van der Waals surface area contributed by atoms with Gasteiger partial charge in [-0.05, 0) is 32.8 Å². The molecule has 1 heterocycles. The first kappa shape index (κ1) is 25.0. The van der Waals surface area contributed by atoms with Crippen molar-refractivity contribution in [3.05, 3.63) is 53.1 Å². The highest BCUT2D eigenvalue weighted by Gasteiger charge is 2.43. The molecule has 1 aliphatic rings. The van der Waals surface area contributed by atoms with Crippen LogP contribution in [0.1, 0.15) is 49.7 Å². The van der Waals surface area contributed by atoms with Gasteiger partial charge in [0.15, 0.2) is 11.5 Å². The van der Waals surface area contributed by atoms with E-state index in [0.29, 0.717) is 54.2 Å². The zero-order chi connectivity index (χ0) is 25.4. The summed E-state index contributed by atoms with van der Waals surface area (Å²) in [7, 11) is 3.24. The molecule has 2 aromatic carbocycles. The van der Waals surface area contributed by atoms with Gasteiger partial charge in [0.25, 0.3) is 5.92 Å². The number of alkyl halides is 2. The number of hydrogen-bond donors (Lipinski definition) is 1. The van der Waals surface area contributed by atoms with Crippen molar-refractivity contribution in [2.45, 2.75) is 45.6 Å². The van der Waals surface area contributed by atoms with Gasteiger partial charge < -0.3 is 19.5 Å². The van der Waals surface area contributed by atoms with Crippen LogP contribution < -0.4 is 14.8 Å². The number of methoxy groups -OCH3 is 2. The first-order chi connectivity index (χ1) is 16.6. The van der Waals surface area contributed by atoms with Gasteiger partial charge in [-0.25, -0.2) is 23.1 Å². The summed E-state index contributed by atoms with van der Waals surface area (Å²) in [5.41, 5.74) is 0.105. The molecule has 9 heteroatoms. The summed E-state index contributed by atoms with van der Waals surface area (Å²) in [4.78, 5) is 9.01. The van der Waals surface area contributed by atoms with Crippen molar-refractivity contribution in [1.29, 1.82) is 0 Å². The molecule has 1 atom stereocenters. The number of aryl methyl sites for hydroxylation is 1. The van der Waals surface area contributed by atoms with Gasteiger partial charge in [0, 0.05) is 36.5 Å². The predicted molar refractivity (Wildman–Crippen MR) is 128 cm³/mol. The normalized spacial score (nSPS) is 15.7. The number of benzene rings is 2. The van der Waals surface area contributed by atoms with E-state index >= 15 is 0 Å². The van der Waals surface area contributed by atoms with Crippen molar-refractivity contribution in [1.82, 2.24) is 9.97 Å². The largest absolute Gasteiger partial charge is 0.493 e. The highest BCUT2D eigenvalue weighted by Crippen LogP contribution is 2.47. The smallest absolute Gasteiger partial charge is 0.273 e. The van der Waals surface area contributed by atoms with Crippen molar-refractivity contribution in [3.8, 4) is 11.5 Å². The summed E-state index contributed by atoms with van der Waals surface area (Å²) in [6.45, 7) is 5.23. The van der Waals surface area contributed by atoms with Gasteiger partial charge >= 0.3 is 0 Å². The van der Waals surface area contributed by atoms with E-state index in [2.05, 4.69) is 15.3 Å². The first-order valence-electron chi connectivity index (χ1n) is 11.5. The Morgan fingerprint density at radius 3 is 2.49 bits per heavy atom. The Kier molecular flexibility index (Phi) is 6.81. The van der Waals surface area contributed by atoms with E-state index in [9.17, 15) is 13.2 Å². The second-order valence-electron chi connectivity index (χ2n) is 9.32. The molecule has 0 saturated heterocycles. The van der Waals surface area contributed by atoms with E-state index < -0.39 is 23.3 Å². The summed E-state index contributed by atoms with van der Waals surface area (Å²) in [6.07, 6.45) is 2.07. The molecule has 1 saturated carbocycles. The molecule has 0 amide bonds. The summed E-state index contributed by atoms with van der Waals surface area (Å²) >= 11 is 0. The Balaban J connectivity index is 1.68. The minimum absolute atomic E-state index is 0.0119. The fourth-order valence-corrected chi connectivity index (χ4v) is 4.19. The lowest BCUT2D eigenvalue weighted by Gasteiger charge is -2.21. The highest BCUT2D eigenvalue weighted by atomic mass is 19.3. The van der Waals surface area contributed by atoms with Crippen LogP contribution in [0.25, 0.3) is 10.9 Å². The number of nitrogens with zero attached hydrogens (tertiary/aromatic N) is 2. The molecule has 6 nitrogen and oxygen atoms in total. The van der Waals surface area contributed by atoms with Crippen LogP contribution in [0.4, 0.5) is 19.0 Å². The number of anilines is 1. The molecule has 3 aromatic rings. The van der Waals surface area contributed by atoms with Gasteiger partial charge in [0.05, 0.1) is 37.4 Å². The molecule has 1 N–H and O–H groups in total. The molecule has 1 aliphatic carbocycles. The summed E-state index contributed by atoms with van der Waals surface area (Å²) in [5.74, 6) is -2.22.